The molecule has 0 aromatic heterocycles. The van der Waals surface area contributed by atoms with Crippen LogP contribution in [0.4, 0.5) is 0 Å². The van der Waals surface area contributed by atoms with Crippen LogP contribution in [0.5, 0.6) is 0 Å². The van der Waals surface area contributed by atoms with Crippen LogP contribution in [0, 0.1) is 6.92 Å². The molecule has 0 radical (unpaired) electrons. The molecule has 0 heterocycles. The Kier molecular flexibility index (Phi) is 7.32. The van der Waals surface area contributed by atoms with Gasteiger partial charge in [0.15, 0.2) is 6.61 Å². The molecule has 1 N–H and O–H groups in total. The molecule has 0 fully saturated rings. The van der Waals surface area contributed by atoms with Crippen molar-refractivity contribution in [3.8, 4) is 0 Å². The van der Waals surface area contributed by atoms with Crippen LogP contribution in [-0.2, 0) is 29.1 Å². The number of rotatable bonds is 7. The Bertz CT molecular complexity index is 729. The molecule has 0 saturated heterocycles. The van der Waals surface area contributed by atoms with Crippen molar-refractivity contribution in [2.75, 3.05) is 13.2 Å². The number of benzene rings is 1. The van der Waals surface area contributed by atoms with Crippen LogP contribution < -0.4 is 4.72 Å². The van der Waals surface area contributed by atoms with Gasteiger partial charge in [0.25, 0.3) is 0 Å². The van der Waals surface area contributed by atoms with Crippen LogP contribution in [0.3, 0.4) is 0 Å². The first kappa shape index (κ1) is 20.9. The Balaban J connectivity index is 2.43. The quantitative estimate of drug-likeness (QED) is 0.736. The van der Waals surface area contributed by atoms with Crippen molar-refractivity contribution in [2.24, 2.45) is 0 Å². The minimum atomic E-state index is -3.80. The van der Waals surface area contributed by atoms with Gasteiger partial charge in [-0.05, 0) is 39.3 Å². The molecule has 0 aliphatic heterocycles. The maximum atomic E-state index is 11.8. The van der Waals surface area contributed by atoms with Crippen LogP contribution in [0.15, 0.2) is 29.7 Å². The van der Waals surface area contributed by atoms with Gasteiger partial charge in [0.1, 0.15) is 12.1 Å². The van der Waals surface area contributed by atoms with Crippen molar-refractivity contribution >= 4 is 28.0 Å². The van der Waals surface area contributed by atoms with Gasteiger partial charge in [-0.1, -0.05) is 29.8 Å². The minimum absolute atomic E-state index is 0.572. The number of sulfonamides is 1. The largest absolute Gasteiger partial charge is 0.457 e. The molecule has 138 valence electrons. The number of carbonyl (C=O) groups is 2. The maximum Gasteiger partial charge on any atom is 0.344 e. The van der Waals surface area contributed by atoms with E-state index in [1.807, 2.05) is 19.1 Å². The van der Waals surface area contributed by atoms with E-state index in [-0.39, 0.29) is 0 Å². The third-order valence-corrected chi connectivity index (χ3v) is 3.75. The molecule has 8 heteroatoms. The highest BCUT2D eigenvalue weighted by Crippen LogP contribution is 2.07. The van der Waals surface area contributed by atoms with E-state index < -0.39 is 40.7 Å². The van der Waals surface area contributed by atoms with Crippen LogP contribution in [0.25, 0.3) is 6.08 Å². The summed E-state index contributed by atoms with van der Waals surface area (Å²) in [6.45, 7) is 5.82. The molecule has 7 nitrogen and oxygen atoms in total. The molecule has 0 aliphatic carbocycles. The average Bonchev–Trinajstić information content (AvgIpc) is 2.49. The fourth-order valence-corrected chi connectivity index (χ4v) is 2.37. The molecule has 1 aromatic carbocycles. The van der Waals surface area contributed by atoms with Gasteiger partial charge in [-0.25, -0.2) is 17.9 Å². The smallest absolute Gasteiger partial charge is 0.344 e. The number of nitrogens with one attached hydrogen (secondary N) is 1. The number of hydrogen-bond acceptors (Lipinski definition) is 6. The first-order valence-corrected chi connectivity index (χ1v) is 9.13. The second kappa shape index (κ2) is 8.77. The van der Waals surface area contributed by atoms with E-state index in [1.54, 1.807) is 32.9 Å². The van der Waals surface area contributed by atoms with Crippen LogP contribution in [0.1, 0.15) is 31.9 Å². The Labute approximate surface area is 148 Å². The number of ether oxygens (including phenoxy) is 2. The molecular formula is C17H23NO6S. The molecule has 0 amide bonds. The third-order valence-electron chi connectivity index (χ3n) is 2.71. The fourth-order valence-electron chi connectivity index (χ4n) is 1.61. The van der Waals surface area contributed by atoms with E-state index in [9.17, 15) is 18.0 Å². The zero-order valence-electron chi connectivity index (χ0n) is 14.7. The molecule has 25 heavy (non-hydrogen) atoms. The summed E-state index contributed by atoms with van der Waals surface area (Å²) in [7, 11) is -3.80. The van der Waals surface area contributed by atoms with E-state index in [2.05, 4.69) is 9.46 Å². The van der Waals surface area contributed by atoms with Crippen molar-refractivity contribution in [2.45, 2.75) is 33.3 Å². The Morgan fingerprint density at radius 3 is 2.28 bits per heavy atom. The van der Waals surface area contributed by atoms with E-state index in [0.717, 1.165) is 11.0 Å². The van der Waals surface area contributed by atoms with Gasteiger partial charge in [0, 0.05) is 5.41 Å². The van der Waals surface area contributed by atoms with Gasteiger partial charge in [0.05, 0.1) is 0 Å². The first-order valence-electron chi connectivity index (χ1n) is 7.59. The monoisotopic (exact) mass is 369 g/mol. The summed E-state index contributed by atoms with van der Waals surface area (Å²) >= 11 is 0. The SMILES string of the molecule is Cc1ccc(C=CS(=O)(=O)NCC(=O)OCC(=O)OC(C)(C)C)cc1. The summed E-state index contributed by atoms with van der Waals surface area (Å²) in [4.78, 5) is 22.9. The van der Waals surface area contributed by atoms with Gasteiger partial charge >= 0.3 is 11.9 Å². The highest BCUT2D eigenvalue weighted by molar-refractivity contribution is 7.92. The number of hydrogen-bond donors (Lipinski definition) is 1. The Morgan fingerprint density at radius 1 is 1.12 bits per heavy atom. The Morgan fingerprint density at radius 2 is 1.72 bits per heavy atom. The zero-order chi connectivity index (χ0) is 19.1. The third kappa shape index (κ3) is 9.63. The lowest BCUT2D eigenvalue weighted by Crippen LogP contribution is -2.32. The van der Waals surface area contributed by atoms with E-state index >= 15 is 0 Å². The molecule has 0 aliphatic rings. The number of carbonyl (C=O) groups excluding carboxylic acids is 2. The second-order valence-corrected chi connectivity index (χ2v) is 7.98. The van der Waals surface area contributed by atoms with Crippen molar-refractivity contribution in [3.05, 3.63) is 40.8 Å². The van der Waals surface area contributed by atoms with Crippen LogP contribution >= 0.6 is 0 Å². The molecule has 0 unspecified atom stereocenters. The fraction of sp³-hybridized carbons (Fsp3) is 0.412. The van der Waals surface area contributed by atoms with E-state index in [4.69, 9.17) is 4.74 Å². The maximum absolute atomic E-state index is 11.8. The first-order chi connectivity index (χ1) is 11.5. The van der Waals surface area contributed by atoms with Crippen molar-refractivity contribution < 1.29 is 27.5 Å². The lowest BCUT2D eigenvalue weighted by Gasteiger charge is -2.19. The number of esters is 2. The van der Waals surface area contributed by atoms with Crippen LogP contribution in [-0.4, -0.2) is 39.1 Å². The van der Waals surface area contributed by atoms with Crippen LogP contribution in [0.2, 0.25) is 0 Å². The molecule has 0 spiro atoms. The second-order valence-electron chi connectivity index (χ2n) is 6.33. The summed E-state index contributed by atoms with van der Waals surface area (Å²) < 4.78 is 35.3. The minimum Gasteiger partial charge on any atom is -0.457 e. The molecule has 1 aromatic rings. The van der Waals surface area contributed by atoms with Crippen molar-refractivity contribution in [1.82, 2.24) is 4.72 Å². The molecule has 0 bridgehead atoms. The lowest BCUT2D eigenvalue weighted by molar-refractivity contribution is -0.166. The Hall–Kier alpha value is -2.19. The summed E-state index contributed by atoms with van der Waals surface area (Å²) in [5.41, 5.74) is 1.08. The standard InChI is InChI=1S/C17H23NO6S/c1-13-5-7-14(8-6-13)9-10-25(21,22)18-11-15(19)23-12-16(20)24-17(2,3)4/h5-10,18H,11-12H2,1-4H3. The molecule has 0 saturated carbocycles. The summed E-state index contributed by atoms with van der Waals surface area (Å²) in [5.74, 6) is -1.58. The van der Waals surface area contributed by atoms with Crippen molar-refractivity contribution in [3.63, 3.8) is 0 Å². The average molecular weight is 369 g/mol. The highest BCUT2D eigenvalue weighted by Gasteiger charge is 2.18. The summed E-state index contributed by atoms with van der Waals surface area (Å²) in [6, 6.07) is 7.26. The topological polar surface area (TPSA) is 98.8 Å². The molecular weight excluding hydrogens is 346 g/mol. The van der Waals surface area contributed by atoms with E-state index in [1.165, 1.54) is 6.08 Å². The molecule has 0 atom stereocenters. The van der Waals surface area contributed by atoms with Crippen molar-refractivity contribution in [1.29, 1.82) is 0 Å². The normalized spacial score (nSPS) is 12.2. The van der Waals surface area contributed by atoms with Gasteiger partial charge in [-0.2, -0.15) is 0 Å². The number of aryl methyl sites for hydroxylation is 1. The summed E-state index contributed by atoms with van der Waals surface area (Å²) in [5, 5.41) is 0.957. The molecule has 1 rings (SSSR count). The van der Waals surface area contributed by atoms with E-state index in [0.29, 0.717) is 5.56 Å². The predicted octanol–water partition coefficient (Wildman–Crippen LogP) is 1.77. The lowest BCUT2D eigenvalue weighted by atomic mass is 10.2. The predicted molar refractivity (Wildman–Crippen MR) is 93.9 cm³/mol. The summed E-state index contributed by atoms with van der Waals surface area (Å²) in [6.07, 6.45) is 1.41. The zero-order valence-corrected chi connectivity index (χ0v) is 15.6. The van der Waals surface area contributed by atoms with Gasteiger partial charge in [-0.15, -0.1) is 0 Å². The van der Waals surface area contributed by atoms with Gasteiger partial charge in [-0.3, -0.25) is 4.79 Å². The highest BCUT2D eigenvalue weighted by atomic mass is 32.2. The van der Waals surface area contributed by atoms with Gasteiger partial charge < -0.3 is 9.47 Å². The van der Waals surface area contributed by atoms with Gasteiger partial charge in [0.2, 0.25) is 10.0 Å².